The van der Waals surface area contributed by atoms with Gasteiger partial charge in [0.25, 0.3) is 11.8 Å². The zero-order chi connectivity index (χ0) is 29.0. The summed E-state index contributed by atoms with van der Waals surface area (Å²) in [5.74, 6) is -0.916. The second-order valence-electron chi connectivity index (χ2n) is 8.64. The number of allylic oxidation sites excluding steroid dienone is 1. The van der Waals surface area contributed by atoms with Crippen molar-refractivity contribution >= 4 is 29.1 Å². The SMILES string of the molecule is Cc1cccnc1-n1nc(CN2CC=C(C(F)(F)F)N=N2)cc1C(=O)Nc1c(C)cc(Cl)cc1C(=O)NCC#N. The number of aromatic nitrogens is 3. The third-order valence-electron chi connectivity index (χ3n) is 5.70. The second-order valence-corrected chi connectivity index (χ2v) is 9.08. The molecule has 0 aliphatic carbocycles. The van der Waals surface area contributed by atoms with Gasteiger partial charge in [-0.1, -0.05) is 22.9 Å². The van der Waals surface area contributed by atoms with Gasteiger partial charge in [-0.3, -0.25) is 14.6 Å². The molecule has 1 aliphatic heterocycles. The van der Waals surface area contributed by atoms with Gasteiger partial charge in [0.1, 0.15) is 12.2 Å². The van der Waals surface area contributed by atoms with Crippen LogP contribution in [0.25, 0.3) is 5.82 Å². The lowest BCUT2D eigenvalue weighted by molar-refractivity contribution is -0.0948. The van der Waals surface area contributed by atoms with Crippen molar-refractivity contribution in [3.63, 3.8) is 0 Å². The molecule has 2 amide bonds. The van der Waals surface area contributed by atoms with Gasteiger partial charge >= 0.3 is 6.18 Å². The average Bonchev–Trinajstić information content (AvgIpc) is 3.32. The number of pyridine rings is 1. The van der Waals surface area contributed by atoms with Gasteiger partial charge < -0.3 is 10.6 Å². The Labute approximate surface area is 230 Å². The molecule has 1 aromatic carbocycles. The number of hydrogen-bond donors (Lipinski definition) is 2. The van der Waals surface area contributed by atoms with Crippen molar-refractivity contribution < 1.29 is 22.8 Å². The number of amides is 2. The Balaban J connectivity index is 1.68. The maximum absolute atomic E-state index is 13.6. The van der Waals surface area contributed by atoms with Crippen LogP contribution < -0.4 is 10.6 Å². The van der Waals surface area contributed by atoms with Crippen molar-refractivity contribution in [2.75, 3.05) is 18.4 Å². The molecule has 40 heavy (non-hydrogen) atoms. The first-order valence-corrected chi connectivity index (χ1v) is 12.1. The van der Waals surface area contributed by atoms with E-state index < -0.39 is 23.7 Å². The Morgan fingerprint density at radius 1 is 1.18 bits per heavy atom. The smallest absolute Gasteiger partial charge is 0.339 e. The van der Waals surface area contributed by atoms with Crippen molar-refractivity contribution in [2.45, 2.75) is 26.6 Å². The predicted octanol–water partition coefficient (Wildman–Crippen LogP) is 4.67. The molecule has 15 heteroatoms. The minimum absolute atomic E-state index is 0.0370. The van der Waals surface area contributed by atoms with Crippen LogP contribution in [-0.4, -0.2) is 50.9 Å². The van der Waals surface area contributed by atoms with Crippen molar-refractivity contribution in [2.24, 2.45) is 10.3 Å². The lowest BCUT2D eigenvalue weighted by Gasteiger charge is -2.19. The van der Waals surface area contributed by atoms with Crippen LogP contribution in [0.1, 0.15) is 37.7 Å². The molecule has 0 saturated carbocycles. The Morgan fingerprint density at radius 3 is 2.60 bits per heavy atom. The van der Waals surface area contributed by atoms with Gasteiger partial charge in [-0.15, -0.1) is 5.11 Å². The number of nitrogens with zero attached hydrogens (tertiary/aromatic N) is 7. The van der Waals surface area contributed by atoms with E-state index in [4.69, 9.17) is 16.9 Å². The summed E-state index contributed by atoms with van der Waals surface area (Å²) in [7, 11) is 0. The summed E-state index contributed by atoms with van der Waals surface area (Å²) < 4.78 is 39.9. The van der Waals surface area contributed by atoms with Crippen LogP contribution >= 0.6 is 11.6 Å². The van der Waals surface area contributed by atoms with E-state index in [1.54, 1.807) is 32.0 Å². The number of nitrogens with one attached hydrogen (secondary N) is 2. The maximum Gasteiger partial charge on any atom is 0.434 e. The van der Waals surface area contributed by atoms with Crippen LogP contribution in [0.15, 0.2) is 58.6 Å². The fraction of sp³-hybridized carbons (Fsp3) is 0.240. The molecule has 0 saturated heterocycles. The number of nitriles is 1. The highest BCUT2D eigenvalue weighted by molar-refractivity contribution is 6.31. The monoisotopic (exact) mass is 571 g/mol. The number of benzene rings is 1. The van der Waals surface area contributed by atoms with Crippen LogP contribution in [0.3, 0.4) is 0 Å². The fourth-order valence-electron chi connectivity index (χ4n) is 3.85. The molecule has 0 fully saturated rings. The normalized spacial score (nSPS) is 13.0. The van der Waals surface area contributed by atoms with E-state index in [1.165, 1.54) is 28.0 Å². The molecular formula is C25H21ClF3N9O2. The summed E-state index contributed by atoms with van der Waals surface area (Å²) in [5, 5.41) is 26.8. The van der Waals surface area contributed by atoms with Crippen molar-refractivity contribution in [1.29, 1.82) is 5.26 Å². The molecule has 0 atom stereocenters. The lowest BCUT2D eigenvalue weighted by atomic mass is 10.1. The highest BCUT2D eigenvalue weighted by atomic mass is 35.5. The minimum atomic E-state index is -4.61. The van der Waals surface area contributed by atoms with Crippen LogP contribution in [0.5, 0.6) is 0 Å². The van der Waals surface area contributed by atoms with E-state index >= 15 is 0 Å². The molecule has 0 unspecified atom stereocenters. The highest BCUT2D eigenvalue weighted by Crippen LogP contribution is 2.30. The third kappa shape index (κ3) is 6.26. The molecule has 3 aromatic rings. The zero-order valence-corrected chi connectivity index (χ0v) is 21.9. The summed E-state index contributed by atoms with van der Waals surface area (Å²) in [4.78, 5) is 30.6. The fourth-order valence-corrected chi connectivity index (χ4v) is 4.12. The Hall–Kier alpha value is -4.77. The largest absolute Gasteiger partial charge is 0.434 e. The second kappa shape index (κ2) is 11.5. The van der Waals surface area contributed by atoms with Crippen molar-refractivity contribution in [3.8, 4) is 11.9 Å². The van der Waals surface area contributed by atoms with E-state index in [2.05, 4.69) is 31.1 Å². The van der Waals surface area contributed by atoms with Crippen molar-refractivity contribution in [1.82, 2.24) is 25.1 Å². The molecule has 2 N–H and O–H groups in total. The van der Waals surface area contributed by atoms with E-state index in [-0.39, 0.29) is 41.6 Å². The van der Waals surface area contributed by atoms with Crippen LogP contribution in [0.2, 0.25) is 5.02 Å². The molecular weight excluding hydrogens is 551 g/mol. The molecule has 0 radical (unpaired) electrons. The first kappa shape index (κ1) is 28.2. The van der Waals surface area contributed by atoms with Crippen LogP contribution in [-0.2, 0) is 6.54 Å². The number of anilines is 1. The molecule has 1 aliphatic rings. The summed E-state index contributed by atoms with van der Waals surface area (Å²) in [6.45, 7) is 2.96. The number of carbonyl (C=O) groups excluding carboxylic acids is 2. The summed E-state index contributed by atoms with van der Waals surface area (Å²) >= 11 is 6.14. The van der Waals surface area contributed by atoms with Crippen LogP contribution in [0.4, 0.5) is 18.9 Å². The Bertz CT molecular complexity index is 1570. The van der Waals surface area contributed by atoms with Crippen molar-refractivity contribution in [3.05, 3.63) is 81.4 Å². The number of rotatable bonds is 7. The minimum Gasteiger partial charge on any atom is -0.339 e. The van der Waals surface area contributed by atoms with E-state index in [0.29, 0.717) is 22.6 Å². The van der Waals surface area contributed by atoms with Gasteiger partial charge in [0.05, 0.1) is 36.1 Å². The van der Waals surface area contributed by atoms with Gasteiger partial charge in [0.15, 0.2) is 11.5 Å². The Kier molecular flexibility index (Phi) is 8.15. The van der Waals surface area contributed by atoms with Crippen LogP contribution in [0, 0.1) is 25.2 Å². The first-order chi connectivity index (χ1) is 19.0. The third-order valence-corrected chi connectivity index (χ3v) is 5.91. The number of alkyl halides is 3. The molecule has 4 rings (SSSR count). The molecule has 0 bridgehead atoms. The molecule has 3 heterocycles. The molecule has 206 valence electrons. The molecule has 2 aromatic heterocycles. The molecule has 0 spiro atoms. The number of halogens is 4. The van der Waals surface area contributed by atoms with Gasteiger partial charge in [-0.25, -0.2) is 9.67 Å². The quantitative estimate of drug-likeness (QED) is 0.395. The topological polar surface area (TPSA) is 141 Å². The maximum atomic E-state index is 13.6. The van der Waals surface area contributed by atoms with Gasteiger partial charge in [-0.2, -0.15) is 23.5 Å². The van der Waals surface area contributed by atoms with Gasteiger partial charge in [0.2, 0.25) is 0 Å². The van der Waals surface area contributed by atoms with E-state index in [1.807, 2.05) is 6.07 Å². The summed E-state index contributed by atoms with van der Waals surface area (Å²) in [5.41, 5.74) is 0.658. The van der Waals surface area contributed by atoms with E-state index in [0.717, 1.165) is 6.08 Å². The standard InChI is InChI=1S/C25H21ClF3N9O2/c1-14-4-3-7-31-22(14)38-19(12-17(35-38)13-37-9-5-20(34-36-37)25(27,28)29)24(40)33-21-15(2)10-16(26)11-18(21)23(39)32-8-6-30/h3-5,7,10-12H,8-9,13H2,1-2H3,(H,32,39)(H,33,40). The average molecular weight is 572 g/mol. The van der Waals surface area contributed by atoms with Gasteiger partial charge in [0, 0.05) is 11.2 Å². The van der Waals surface area contributed by atoms with Gasteiger partial charge in [-0.05, 0) is 55.3 Å². The summed E-state index contributed by atoms with van der Waals surface area (Å²) in [6, 6.07) is 9.68. The number of aryl methyl sites for hydroxylation is 2. The number of hydrogen-bond acceptors (Lipinski definition) is 8. The van der Waals surface area contributed by atoms with E-state index in [9.17, 15) is 22.8 Å². The Morgan fingerprint density at radius 2 is 1.95 bits per heavy atom. The predicted molar refractivity (Wildman–Crippen MR) is 138 cm³/mol. The zero-order valence-electron chi connectivity index (χ0n) is 21.1. The highest BCUT2D eigenvalue weighted by Gasteiger charge is 2.35. The molecule has 11 nitrogen and oxygen atoms in total. The number of carbonyl (C=O) groups is 2. The lowest BCUT2D eigenvalue weighted by Crippen LogP contribution is -2.26. The summed E-state index contributed by atoms with van der Waals surface area (Å²) in [6.07, 6.45) is -2.18. The first-order valence-electron chi connectivity index (χ1n) is 11.7.